The molecule has 5 heteroatoms. The van der Waals surface area contributed by atoms with Gasteiger partial charge in [-0.25, -0.2) is 9.78 Å². The molecule has 0 aliphatic rings. The minimum Gasteiger partial charge on any atom is -0.464 e. The van der Waals surface area contributed by atoms with Crippen molar-refractivity contribution in [1.82, 2.24) is 4.98 Å². The normalized spacial score (nSPS) is 10.3. The standard InChI is InChI=1S/C16H18N2O3/c1-9-5-6-10(2)14(11(9)3)21-15-12(17)7-8-13(18-15)16(19)20-4/h5-8H,17H2,1-4H3. The SMILES string of the molecule is COC(=O)c1ccc(N)c(Oc2c(C)ccc(C)c2C)n1. The highest BCUT2D eigenvalue weighted by molar-refractivity contribution is 5.87. The highest BCUT2D eigenvalue weighted by Gasteiger charge is 2.14. The van der Waals surface area contributed by atoms with Crippen molar-refractivity contribution in [2.45, 2.75) is 20.8 Å². The summed E-state index contributed by atoms with van der Waals surface area (Å²) in [6.45, 7) is 5.92. The zero-order valence-corrected chi connectivity index (χ0v) is 12.6. The molecule has 2 aromatic rings. The molecule has 0 spiro atoms. The van der Waals surface area contributed by atoms with E-state index in [-0.39, 0.29) is 11.6 Å². The van der Waals surface area contributed by atoms with Crippen molar-refractivity contribution in [3.8, 4) is 11.6 Å². The number of anilines is 1. The fourth-order valence-electron chi connectivity index (χ4n) is 1.93. The van der Waals surface area contributed by atoms with Gasteiger partial charge in [0.1, 0.15) is 5.75 Å². The number of hydrogen-bond acceptors (Lipinski definition) is 5. The van der Waals surface area contributed by atoms with E-state index < -0.39 is 5.97 Å². The molecule has 1 heterocycles. The molecule has 1 aromatic heterocycles. The van der Waals surface area contributed by atoms with Gasteiger partial charge in [-0.05, 0) is 49.6 Å². The summed E-state index contributed by atoms with van der Waals surface area (Å²) < 4.78 is 10.5. The molecule has 21 heavy (non-hydrogen) atoms. The average Bonchev–Trinajstić information content (AvgIpc) is 2.48. The average molecular weight is 286 g/mol. The van der Waals surface area contributed by atoms with Crippen LogP contribution in [0.25, 0.3) is 0 Å². The number of aryl methyl sites for hydroxylation is 2. The summed E-state index contributed by atoms with van der Waals surface area (Å²) in [6, 6.07) is 7.08. The summed E-state index contributed by atoms with van der Waals surface area (Å²) >= 11 is 0. The Hall–Kier alpha value is -2.56. The Balaban J connectivity index is 2.45. The molecule has 1 aromatic carbocycles. The molecule has 5 nitrogen and oxygen atoms in total. The van der Waals surface area contributed by atoms with Crippen LogP contribution in [0.1, 0.15) is 27.2 Å². The first kappa shape index (κ1) is 14.8. The number of carbonyl (C=O) groups excluding carboxylic acids is 1. The lowest BCUT2D eigenvalue weighted by Gasteiger charge is -2.14. The molecule has 0 radical (unpaired) electrons. The van der Waals surface area contributed by atoms with E-state index in [0.29, 0.717) is 11.4 Å². The van der Waals surface area contributed by atoms with E-state index in [1.165, 1.54) is 13.2 Å². The van der Waals surface area contributed by atoms with Gasteiger partial charge in [-0.1, -0.05) is 12.1 Å². The van der Waals surface area contributed by atoms with Gasteiger partial charge in [-0.3, -0.25) is 0 Å². The third-order valence-corrected chi connectivity index (χ3v) is 3.36. The first-order valence-corrected chi connectivity index (χ1v) is 6.53. The largest absolute Gasteiger partial charge is 0.464 e. The maximum absolute atomic E-state index is 11.5. The fraction of sp³-hybridized carbons (Fsp3) is 0.250. The Morgan fingerprint density at radius 2 is 1.76 bits per heavy atom. The van der Waals surface area contributed by atoms with E-state index in [0.717, 1.165) is 16.7 Å². The van der Waals surface area contributed by atoms with E-state index in [1.807, 2.05) is 32.9 Å². The molecule has 0 aliphatic carbocycles. The van der Waals surface area contributed by atoms with Crippen LogP contribution >= 0.6 is 0 Å². The third kappa shape index (κ3) is 2.97. The van der Waals surface area contributed by atoms with Gasteiger partial charge in [-0.15, -0.1) is 0 Å². The van der Waals surface area contributed by atoms with Crippen molar-refractivity contribution in [3.05, 3.63) is 46.6 Å². The van der Waals surface area contributed by atoms with Gasteiger partial charge in [0, 0.05) is 0 Å². The quantitative estimate of drug-likeness (QED) is 0.877. The van der Waals surface area contributed by atoms with Crippen LogP contribution < -0.4 is 10.5 Å². The Labute approximate surface area is 123 Å². The van der Waals surface area contributed by atoms with Gasteiger partial charge in [0.2, 0.25) is 5.88 Å². The number of benzene rings is 1. The van der Waals surface area contributed by atoms with E-state index in [2.05, 4.69) is 9.72 Å². The molecule has 0 saturated heterocycles. The van der Waals surface area contributed by atoms with Gasteiger partial charge in [0.05, 0.1) is 12.8 Å². The lowest BCUT2D eigenvalue weighted by atomic mass is 10.1. The van der Waals surface area contributed by atoms with Crippen molar-refractivity contribution in [2.75, 3.05) is 12.8 Å². The summed E-state index contributed by atoms with van der Waals surface area (Å²) in [5.41, 5.74) is 9.50. The lowest BCUT2D eigenvalue weighted by molar-refractivity contribution is 0.0593. The molecule has 0 atom stereocenters. The van der Waals surface area contributed by atoms with Crippen molar-refractivity contribution >= 4 is 11.7 Å². The molecule has 0 amide bonds. The lowest BCUT2D eigenvalue weighted by Crippen LogP contribution is -2.07. The number of nitrogens with two attached hydrogens (primary N) is 1. The molecule has 110 valence electrons. The van der Waals surface area contributed by atoms with Crippen LogP contribution in [-0.4, -0.2) is 18.1 Å². The first-order valence-electron chi connectivity index (χ1n) is 6.53. The van der Waals surface area contributed by atoms with Crippen LogP contribution in [0.5, 0.6) is 11.6 Å². The molecule has 0 aliphatic heterocycles. The van der Waals surface area contributed by atoms with Crippen LogP contribution in [0.4, 0.5) is 5.69 Å². The Kier molecular flexibility index (Phi) is 4.12. The molecule has 0 fully saturated rings. The zero-order chi connectivity index (χ0) is 15.6. The molecule has 2 rings (SSSR count). The number of pyridine rings is 1. The van der Waals surface area contributed by atoms with Crippen LogP contribution in [0.2, 0.25) is 0 Å². The van der Waals surface area contributed by atoms with E-state index >= 15 is 0 Å². The van der Waals surface area contributed by atoms with Crippen LogP contribution in [0.15, 0.2) is 24.3 Å². The van der Waals surface area contributed by atoms with Gasteiger partial charge in [0.25, 0.3) is 0 Å². The van der Waals surface area contributed by atoms with Gasteiger partial charge in [-0.2, -0.15) is 0 Å². The van der Waals surface area contributed by atoms with Crippen LogP contribution in [0, 0.1) is 20.8 Å². The fourth-order valence-corrected chi connectivity index (χ4v) is 1.93. The number of nitrogen functional groups attached to an aromatic ring is 1. The first-order chi connectivity index (χ1) is 9.93. The highest BCUT2D eigenvalue weighted by Crippen LogP contribution is 2.32. The van der Waals surface area contributed by atoms with Crippen LogP contribution in [0.3, 0.4) is 0 Å². The Morgan fingerprint density at radius 3 is 2.43 bits per heavy atom. The van der Waals surface area contributed by atoms with Crippen molar-refractivity contribution in [3.63, 3.8) is 0 Å². The van der Waals surface area contributed by atoms with Crippen molar-refractivity contribution < 1.29 is 14.3 Å². The number of ether oxygens (including phenoxy) is 2. The smallest absolute Gasteiger partial charge is 0.356 e. The van der Waals surface area contributed by atoms with Gasteiger partial charge >= 0.3 is 5.97 Å². The topological polar surface area (TPSA) is 74.4 Å². The van der Waals surface area contributed by atoms with Crippen molar-refractivity contribution in [1.29, 1.82) is 0 Å². The number of nitrogens with zero attached hydrogens (tertiary/aromatic N) is 1. The second-order valence-corrected chi connectivity index (χ2v) is 4.84. The Morgan fingerprint density at radius 1 is 1.10 bits per heavy atom. The second kappa shape index (κ2) is 5.83. The van der Waals surface area contributed by atoms with Gasteiger partial charge < -0.3 is 15.2 Å². The number of methoxy groups -OCH3 is 1. The van der Waals surface area contributed by atoms with Crippen molar-refractivity contribution in [2.24, 2.45) is 0 Å². The summed E-state index contributed by atoms with van der Waals surface area (Å²) in [7, 11) is 1.30. The zero-order valence-electron chi connectivity index (χ0n) is 12.6. The monoisotopic (exact) mass is 286 g/mol. The molecular formula is C16H18N2O3. The minimum absolute atomic E-state index is 0.157. The summed E-state index contributed by atoms with van der Waals surface area (Å²) in [5.74, 6) is 0.378. The van der Waals surface area contributed by atoms with E-state index in [1.54, 1.807) is 6.07 Å². The van der Waals surface area contributed by atoms with E-state index in [4.69, 9.17) is 10.5 Å². The summed E-state index contributed by atoms with van der Waals surface area (Å²) in [5, 5.41) is 0. The molecular weight excluding hydrogens is 268 g/mol. The number of esters is 1. The summed E-state index contributed by atoms with van der Waals surface area (Å²) in [4.78, 5) is 15.7. The maximum atomic E-state index is 11.5. The number of carbonyl (C=O) groups is 1. The molecule has 2 N–H and O–H groups in total. The molecule has 0 unspecified atom stereocenters. The minimum atomic E-state index is -0.530. The number of rotatable bonds is 3. The maximum Gasteiger partial charge on any atom is 0.356 e. The molecule has 0 bridgehead atoms. The van der Waals surface area contributed by atoms with Gasteiger partial charge in [0.15, 0.2) is 5.69 Å². The number of aromatic nitrogens is 1. The predicted molar refractivity (Wildman–Crippen MR) is 80.7 cm³/mol. The van der Waals surface area contributed by atoms with E-state index in [9.17, 15) is 4.79 Å². The molecule has 0 saturated carbocycles. The third-order valence-electron chi connectivity index (χ3n) is 3.36. The predicted octanol–water partition coefficient (Wildman–Crippen LogP) is 3.17. The van der Waals surface area contributed by atoms with Crippen LogP contribution in [-0.2, 0) is 4.74 Å². The Bertz CT molecular complexity index is 696. The highest BCUT2D eigenvalue weighted by atomic mass is 16.5. The summed E-state index contributed by atoms with van der Waals surface area (Å²) in [6.07, 6.45) is 0. The number of hydrogen-bond donors (Lipinski definition) is 1. The second-order valence-electron chi connectivity index (χ2n) is 4.84.